The smallest absolute Gasteiger partial charge is 0.137 e. The molecule has 0 unspecified atom stereocenters. The van der Waals surface area contributed by atoms with E-state index >= 15 is 0 Å². The highest BCUT2D eigenvalue weighted by molar-refractivity contribution is 9.10. The Morgan fingerprint density at radius 2 is 1.67 bits per heavy atom. The summed E-state index contributed by atoms with van der Waals surface area (Å²) in [7, 11) is 3.30. The van der Waals surface area contributed by atoms with E-state index in [4.69, 9.17) is 14.2 Å². The van der Waals surface area contributed by atoms with Crippen molar-refractivity contribution >= 4 is 15.9 Å². The van der Waals surface area contributed by atoms with Gasteiger partial charge in [-0.05, 0) is 46.1 Å². The van der Waals surface area contributed by atoms with E-state index in [0.717, 1.165) is 28.1 Å². The lowest BCUT2D eigenvalue weighted by molar-refractivity contribution is 0.121. The molecule has 2 aromatic rings. The van der Waals surface area contributed by atoms with E-state index in [-0.39, 0.29) is 6.04 Å². The first-order valence-electron chi connectivity index (χ1n) is 7.92. The van der Waals surface area contributed by atoms with Crippen LogP contribution in [0.15, 0.2) is 46.9 Å². The Labute approximate surface area is 152 Å². The molecule has 0 spiro atoms. The number of rotatable bonds is 9. The van der Waals surface area contributed by atoms with Crippen molar-refractivity contribution in [2.45, 2.75) is 19.6 Å². The van der Waals surface area contributed by atoms with Gasteiger partial charge in [0.05, 0.1) is 27.4 Å². The largest absolute Gasteiger partial charge is 0.495 e. The van der Waals surface area contributed by atoms with Crippen LogP contribution in [0.25, 0.3) is 0 Å². The van der Waals surface area contributed by atoms with Gasteiger partial charge in [-0.15, -0.1) is 0 Å². The molecule has 0 aliphatic heterocycles. The fourth-order valence-corrected chi connectivity index (χ4v) is 2.92. The summed E-state index contributed by atoms with van der Waals surface area (Å²) in [5.41, 5.74) is 2.29. The summed E-state index contributed by atoms with van der Waals surface area (Å²) < 4.78 is 17.3. The Hall–Kier alpha value is -1.56. The van der Waals surface area contributed by atoms with Crippen molar-refractivity contribution in [2.24, 2.45) is 0 Å². The molecule has 5 heteroatoms. The van der Waals surface area contributed by atoms with Crippen LogP contribution in [0.4, 0.5) is 0 Å². The molecule has 2 rings (SSSR count). The number of nitrogens with one attached hydrogen (secondary N) is 1. The third-order valence-corrected chi connectivity index (χ3v) is 4.56. The van der Waals surface area contributed by atoms with Crippen LogP contribution < -0.4 is 14.8 Å². The highest BCUT2D eigenvalue weighted by Gasteiger charge is 2.13. The van der Waals surface area contributed by atoms with Gasteiger partial charge < -0.3 is 19.5 Å². The summed E-state index contributed by atoms with van der Waals surface area (Å²) >= 11 is 3.49. The van der Waals surface area contributed by atoms with Gasteiger partial charge in [-0.2, -0.15) is 0 Å². The minimum atomic E-state index is 0.168. The van der Waals surface area contributed by atoms with Crippen molar-refractivity contribution in [3.8, 4) is 11.5 Å². The van der Waals surface area contributed by atoms with E-state index in [1.165, 1.54) is 5.56 Å². The molecule has 24 heavy (non-hydrogen) atoms. The zero-order chi connectivity index (χ0) is 17.4. The maximum Gasteiger partial charge on any atom is 0.137 e. The Kier molecular flexibility index (Phi) is 7.56. The molecule has 0 saturated heterocycles. The Balaban J connectivity index is 1.83. The number of halogens is 1. The maximum absolute atomic E-state index is 5.70. The molecule has 0 fully saturated rings. The molecule has 0 amide bonds. The quantitative estimate of drug-likeness (QED) is 0.643. The molecule has 4 nitrogen and oxygen atoms in total. The predicted octanol–water partition coefficient (Wildman–Crippen LogP) is 4.33. The summed E-state index contributed by atoms with van der Waals surface area (Å²) in [5.74, 6) is 1.52. The van der Waals surface area contributed by atoms with Crippen molar-refractivity contribution in [2.75, 3.05) is 27.4 Å². The van der Waals surface area contributed by atoms with Crippen molar-refractivity contribution in [3.05, 3.63) is 58.1 Å². The van der Waals surface area contributed by atoms with Crippen molar-refractivity contribution in [1.29, 1.82) is 0 Å². The minimum Gasteiger partial charge on any atom is -0.495 e. The molecular weight excluding hydrogens is 370 g/mol. The summed E-state index contributed by atoms with van der Waals surface area (Å²) in [6.07, 6.45) is 0. The Bertz CT molecular complexity index is 609. The zero-order valence-electron chi connectivity index (χ0n) is 14.3. The maximum atomic E-state index is 5.70. The Morgan fingerprint density at radius 3 is 2.25 bits per heavy atom. The average molecular weight is 394 g/mol. The van der Waals surface area contributed by atoms with Gasteiger partial charge in [-0.25, -0.2) is 0 Å². The standard InChI is InChI=1S/C19H24BrNO3/c1-14(16-11-17(22-2)19(20)18(12-16)23-3)21-9-10-24-13-15-7-5-4-6-8-15/h4-8,11-12,14,21H,9-10,13H2,1-3H3/t14-/m1/s1. The SMILES string of the molecule is COc1cc([C@@H](C)NCCOCc2ccccc2)cc(OC)c1Br. The first kappa shape index (κ1) is 18.8. The van der Waals surface area contributed by atoms with Crippen LogP contribution in [0.1, 0.15) is 24.1 Å². The van der Waals surface area contributed by atoms with Gasteiger partial charge in [-0.1, -0.05) is 30.3 Å². The zero-order valence-corrected chi connectivity index (χ0v) is 15.9. The van der Waals surface area contributed by atoms with Crippen molar-refractivity contribution < 1.29 is 14.2 Å². The number of ether oxygens (including phenoxy) is 3. The number of hydrogen-bond donors (Lipinski definition) is 1. The van der Waals surface area contributed by atoms with E-state index in [1.807, 2.05) is 30.3 Å². The second-order valence-electron chi connectivity index (χ2n) is 5.45. The first-order valence-corrected chi connectivity index (χ1v) is 8.71. The summed E-state index contributed by atoms with van der Waals surface area (Å²) in [5, 5.41) is 3.46. The van der Waals surface area contributed by atoms with E-state index in [9.17, 15) is 0 Å². The lowest BCUT2D eigenvalue weighted by Gasteiger charge is -2.18. The molecular formula is C19H24BrNO3. The minimum absolute atomic E-state index is 0.168. The summed E-state index contributed by atoms with van der Waals surface area (Å²) in [6.45, 7) is 4.18. The first-order chi connectivity index (χ1) is 11.7. The van der Waals surface area contributed by atoms with Gasteiger partial charge in [0.1, 0.15) is 16.0 Å². The van der Waals surface area contributed by atoms with Gasteiger partial charge in [0.2, 0.25) is 0 Å². The molecule has 2 aromatic carbocycles. The summed E-state index contributed by atoms with van der Waals surface area (Å²) in [4.78, 5) is 0. The van der Waals surface area contributed by atoms with Gasteiger partial charge in [-0.3, -0.25) is 0 Å². The van der Waals surface area contributed by atoms with E-state index < -0.39 is 0 Å². The number of hydrogen-bond acceptors (Lipinski definition) is 4. The van der Waals surface area contributed by atoms with Gasteiger partial charge in [0.25, 0.3) is 0 Å². The molecule has 130 valence electrons. The van der Waals surface area contributed by atoms with Crippen LogP contribution >= 0.6 is 15.9 Å². The molecule has 0 aliphatic rings. The van der Waals surface area contributed by atoms with E-state index in [2.05, 4.69) is 40.3 Å². The third-order valence-electron chi connectivity index (χ3n) is 3.78. The molecule has 0 aromatic heterocycles. The molecule has 1 atom stereocenters. The molecule has 0 heterocycles. The topological polar surface area (TPSA) is 39.7 Å². The second kappa shape index (κ2) is 9.67. The van der Waals surface area contributed by atoms with Gasteiger partial charge >= 0.3 is 0 Å². The van der Waals surface area contributed by atoms with Crippen LogP contribution in [0.2, 0.25) is 0 Å². The van der Waals surface area contributed by atoms with Crippen molar-refractivity contribution in [3.63, 3.8) is 0 Å². The molecule has 0 bridgehead atoms. The highest BCUT2D eigenvalue weighted by atomic mass is 79.9. The monoisotopic (exact) mass is 393 g/mol. The van der Waals surface area contributed by atoms with E-state index in [1.54, 1.807) is 14.2 Å². The lowest BCUT2D eigenvalue weighted by Crippen LogP contribution is -2.23. The van der Waals surface area contributed by atoms with Gasteiger partial charge in [0.15, 0.2) is 0 Å². The van der Waals surface area contributed by atoms with Crippen molar-refractivity contribution in [1.82, 2.24) is 5.32 Å². The van der Waals surface area contributed by atoms with Crippen LogP contribution in [0.3, 0.4) is 0 Å². The normalized spacial score (nSPS) is 12.0. The second-order valence-corrected chi connectivity index (χ2v) is 6.25. The van der Waals surface area contributed by atoms with Gasteiger partial charge in [0, 0.05) is 12.6 Å². The average Bonchev–Trinajstić information content (AvgIpc) is 2.62. The molecule has 0 radical (unpaired) electrons. The van der Waals surface area contributed by atoms with Crippen LogP contribution in [0, 0.1) is 0 Å². The lowest BCUT2D eigenvalue weighted by atomic mass is 10.1. The van der Waals surface area contributed by atoms with Crippen LogP contribution in [-0.2, 0) is 11.3 Å². The fourth-order valence-electron chi connectivity index (χ4n) is 2.37. The molecule has 0 saturated carbocycles. The van der Waals surface area contributed by atoms with Crippen LogP contribution in [0.5, 0.6) is 11.5 Å². The highest BCUT2D eigenvalue weighted by Crippen LogP contribution is 2.37. The number of benzene rings is 2. The fraction of sp³-hybridized carbons (Fsp3) is 0.368. The predicted molar refractivity (Wildman–Crippen MR) is 99.8 cm³/mol. The molecule has 0 aliphatic carbocycles. The number of methoxy groups -OCH3 is 2. The third kappa shape index (κ3) is 5.23. The van der Waals surface area contributed by atoms with Crippen LogP contribution in [-0.4, -0.2) is 27.4 Å². The van der Waals surface area contributed by atoms with E-state index in [0.29, 0.717) is 13.2 Å². The Morgan fingerprint density at radius 1 is 1.04 bits per heavy atom. The summed E-state index contributed by atoms with van der Waals surface area (Å²) in [6, 6.07) is 14.4. The molecule has 1 N–H and O–H groups in total.